The lowest BCUT2D eigenvalue weighted by Crippen LogP contribution is -2.36. The van der Waals surface area contributed by atoms with Gasteiger partial charge in [-0.05, 0) is 56.1 Å². The third-order valence-electron chi connectivity index (χ3n) is 4.29. The highest BCUT2D eigenvalue weighted by molar-refractivity contribution is 7.99. The van der Waals surface area contributed by atoms with E-state index in [1.54, 1.807) is 0 Å². The quantitative estimate of drug-likeness (QED) is 0.750. The first-order valence-electron chi connectivity index (χ1n) is 7.77. The molecule has 0 aliphatic heterocycles. The predicted molar refractivity (Wildman–Crippen MR) is 91.8 cm³/mol. The second-order valence-corrected chi connectivity index (χ2v) is 7.34. The Balaban J connectivity index is 1.94. The Morgan fingerprint density at radius 3 is 2.40 bits per heavy atom. The minimum atomic E-state index is 0.480. The maximum Gasteiger partial charge on any atom is 0.0406 e. The highest BCUT2D eigenvalue weighted by Crippen LogP contribution is 2.29. The second kappa shape index (κ2) is 8.31. The molecule has 1 aromatic rings. The molecule has 20 heavy (non-hydrogen) atoms. The van der Waals surface area contributed by atoms with Gasteiger partial charge < -0.3 is 5.32 Å². The number of benzene rings is 1. The zero-order valence-corrected chi connectivity index (χ0v) is 14.1. The molecule has 0 radical (unpaired) electrons. The number of halogens is 1. The monoisotopic (exact) mass is 311 g/mol. The van der Waals surface area contributed by atoms with E-state index in [9.17, 15) is 0 Å². The number of nitrogens with one attached hydrogen (secondary N) is 1. The summed E-state index contributed by atoms with van der Waals surface area (Å²) in [7, 11) is 0. The fourth-order valence-electron chi connectivity index (χ4n) is 3.08. The zero-order valence-electron chi connectivity index (χ0n) is 12.6. The Hall–Kier alpha value is -0.180. The van der Waals surface area contributed by atoms with Crippen LogP contribution in [0.5, 0.6) is 0 Å². The Morgan fingerprint density at radius 2 is 1.85 bits per heavy atom. The van der Waals surface area contributed by atoms with Crippen LogP contribution in [0.3, 0.4) is 0 Å². The molecule has 3 heteroatoms. The summed E-state index contributed by atoms with van der Waals surface area (Å²) in [5.74, 6) is 0. The van der Waals surface area contributed by atoms with Crippen LogP contribution in [-0.4, -0.2) is 17.5 Å². The molecule has 1 aliphatic carbocycles. The smallest absolute Gasteiger partial charge is 0.0406 e. The maximum absolute atomic E-state index is 5.99. The Labute approximate surface area is 132 Å². The third-order valence-corrected chi connectivity index (χ3v) is 5.68. The van der Waals surface area contributed by atoms with E-state index in [0.717, 1.165) is 10.3 Å². The van der Waals surface area contributed by atoms with Crippen LogP contribution in [0.25, 0.3) is 0 Å². The molecule has 1 N–H and O–H groups in total. The van der Waals surface area contributed by atoms with Crippen molar-refractivity contribution < 1.29 is 0 Å². The van der Waals surface area contributed by atoms with Crippen molar-refractivity contribution in [3.8, 4) is 0 Å². The first kappa shape index (κ1) is 16.2. The molecular weight excluding hydrogens is 286 g/mol. The van der Waals surface area contributed by atoms with Crippen LogP contribution in [0.2, 0.25) is 5.02 Å². The van der Waals surface area contributed by atoms with Gasteiger partial charge in [-0.25, -0.2) is 0 Å². The lowest BCUT2D eigenvalue weighted by atomic mass is 9.92. The third kappa shape index (κ3) is 4.68. The van der Waals surface area contributed by atoms with Crippen LogP contribution in [-0.2, 0) is 0 Å². The highest BCUT2D eigenvalue weighted by atomic mass is 35.5. The molecular formula is C17H26ClNS. The molecule has 1 aliphatic rings. The van der Waals surface area contributed by atoms with Crippen molar-refractivity contribution in [1.82, 2.24) is 5.32 Å². The molecule has 0 spiro atoms. The molecule has 0 bridgehead atoms. The Kier molecular flexibility index (Phi) is 6.73. The normalized spacial score (nSPS) is 24.6. The van der Waals surface area contributed by atoms with Gasteiger partial charge in [0.2, 0.25) is 0 Å². The van der Waals surface area contributed by atoms with Gasteiger partial charge in [0.25, 0.3) is 0 Å². The van der Waals surface area contributed by atoms with Crippen molar-refractivity contribution in [3.05, 3.63) is 34.9 Å². The fourth-order valence-corrected chi connectivity index (χ4v) is 3.95. The Bertz CT molecular complexity index is 384. The largest absolute Gasteiger partial charge is 0.307 e. The van der Waals surface area contributed by atoms with Crippen molar-refractivity contribution in [2.75, 3.05) is 6.26 Å². The SMILES string of the molecule is CCCC(NC1CCC(SC)CC1)c1ccc(Cl)cc1. The van der Waals surface area contributed by atoms with E-state index in [1.165, 1.54) is 44.1 Å². The molecule has 0 heterocycles. The summed E-state index contributed by atoms with van der Waals surface area (Å²) in [4.78, 5) is 0. The number of rotatable bonds is 6. The highest BCUT2D eigenvalue weighted by Gasteiger charge is 2.23. The van der Waals surface area contributed by atoms with Crippen LogP contribution in [0.15, 0.2) is 24.3 Å². The maximum atomic E-state index is 5.99. The summed E-state index contributed by atoms with van der Waals surface area (Å²) in [6.07, 6.45) is 10.0. The zero-order chi connectivity index (χ0) is 14.4. The van der Waals surface area contributed by atoms with Crippen molar-refractivity contribution in [2.45, 2.75) is 62.8 Å². The number of hydrogen-bond acceptors (Lipinski definition) is 2. The number of thioether (sulfide) groups is 1. The van der Waals surface area contributed by atoms with Crippen molar-refractivity contribution in [1.29, 1.82) is 0 Å². The van der Waals surface area contributed by atoms with E-state index in [2.05, 4.69) is 30.6 Å². The van der Waals surface area contributed by atoms with Gasteiger partial charge in [-0.3, -0.25) is 0 Å². The molecule has 1 nitrogen and oxygen atoms in total. The standard InChI is InChI=1S/C17H26ClNS/c1-3-4-17(13-5-7-14(18)8-6-13)19-15-9-11-16(20-2)12-10-15/h5-8,15-17,19H,3-4,9-12H2,1-2H3. The van der Waals surface area contributed by atoms with E-state index in [4.69, 9.17) is 11.6 Å². The summed E-state index contributed by atoms with van der Waals surface area (Å²) in [6, 6.07) is 9.52. The Morgan fingerprint density at radius 1 is 1.20 bits per heavy atom. The van der Waals surface area contributed by atoms with Gasteiger partial charge in [0.05, 0.1) is 0 Å². The van der Waals surface area contributed by atoms with Gasteiger partial charge in [0, 0.05) is 22.4 Å². The van der Waals surface area contributed by atoms with Gasteiger partial charge in [-0.15, -0.1) is 0 Å². The van der Waals surface area contributed by atoms with E-state index in [0.29, 0.717) is 12.1 Å². The predicted octanol–water partition coefficient (Wildman–Crippen LogP) is 5.45. The molecule has 112 valence electrons. The first-order valence-corrected chi connectivity index (χ1v) is 9.43. The molecule has 1 saturated carbocycles. The van der Waals surface area contributed by atoms with E-state index in [1.807, 2.05) is 23.9 Å². The van der Waals surface area contributed by atoms with Gasteiger partial charge in [-0.2, -0.15) is 11.8 Å². The molecule has 1 unspecified atom stereocenters. The molecule has 1 fully saturated rings. The molecule has 0 aromatic heterocycles. The minimum Gasteiger partial charge on any atom is -0.307 e. The summed E-state index contributed by atoms with van der Waals surface area (Å²) in [5.41, 5.74) is 1.38. The van der Waals surface area contributed by atoms with Crippen LogP contribution < -0.4 is 5.32 Å². The molecule has 2 rings (SSSR count). The first-order chi connectivity index (χ1) is 9.72. The van der Waals surface area contributed by atoms with E-state index in [-0.39, 0.29) is 0 Å². The van der Waals surface area contributed by atoms with Gasteiger partial charge in [0.15, 0.2) is 0 Å². The minimum absolute atomic E-state index is 0.480. The average molecular weight is 312 g/mol. The van der Waals surface area contributed by atoms with Crippen LogP contribution in [0.1, 0.15) is 57.1 Å². The van der Waals surface area contributed by atoms with Crippen molar-refractivity contribution >= 4 is 23.4 Å². The summed E-state index contributed by atoms with van der Waals surface area (Å²) >= 11 is 8.03. The van der Waals surface area contributed by atoms with Crippen LogP contribution in [0, 0.1) is 0 Å². The van der Waals surface area contributed by atoms with E-state index < -0.39 is 0 Å². The second-order valence-electron chi connectivity index (χ2n) is 5.77. The van der Waals surface area contributed by atoms with Gasteiger partial charge >= 0.3 is 0 Å². The van der Waals surface area contributed by atoms with Crippen LogP contribution >= 0.6 is 23.4 Å². The van der Waals surface area contributed by atoms with Crippen molar-refractivity contribution in [2.24, 2.45) is 0 Å². The van der Waals surface area contributed by atoms with Crippen molar-refractivity contribution in [3.63, 3.8) is 0 Å². The fraction of sp³-hybridized carbons (Fsp3) is 0.647. The molecule has 0 amide bonds. The van der Waals surface area contributed by atoms with Gasteiger partial charge in [-0.1, -0.05) is 37.1 Å². The summed E-state index contributed by atoms with van der Waals surface area (Å²) in [6.45, 7) is 2.26. The summed E-state index contributed by atoms with van der Waals surface area (Å²) in [5, 5.41) is 5.59. The molecule has 0 saturated heterocycles. The van der Waals surface area contributed by atoms with E-state index >= 15 is 0 Å². The summed E-state index contributed by atoms with van der Waals surface area (Å²) < 4.78 is 0. The van der Waals surface area contributed by atoms with Crippen LogP contribution in [0.4, 0.5) is 0 Å². The topological polar surface area (TPSA) is 12.0 Å². The average Bonchev–Trinajstić information content (AvgIpc) is 2.48. The number of hydrogen-bond donors (Lipinski definition) is 1. The molecule has 1 atom stereocenters. The molecule has 1 aromatic carbocycles. The van der Waals surface area contributed by atoms with Gasteiger partial charge in [0.1, 0.15) is 0 Å². The lowest BCUT2D eigenvalue weighted by Gasteiger charge is -2.32. The lowest BCUT2D eigenvalue weighted by molar-refractivity contribution is 0.333.